The highest BCUT2D eigenvalue weighted by molar-refractivity contribution is 5.98. The van der Waals surface area contributed by atoms with Gasteiger partial charge in [-0.25, -0.2) is 4.98 Å². The SMILES string of the molecule is CN(C)c1ccc(-c2oc(-c3ccc(C(F)(F)F)cc3)nc2C(=O)N2CC=CC2)cc1. The maximum atomic E-state index is 13.1. The van der Waals surface area contributed by atoms with E-state index in [0.29, 0.717) is 24.2 Å². The molecule has 0 saturated heterocycles. The Morgan fingerprint density at radius 2 is 1.55 bits per heavy atom. The second kappa shape index (κ2) is 7.94. The summed E-state index contributed by atoms with van der Waals surface area (Å²) in [5, 5.41) is 0. The van der Waals surface area contributed by atoms with Crippen LogP contribution in [0.25, 0.3) is 22.8 Å². The lowest BCUT2D eigenvalue weighted by Gasteiger charge is -2.14. The van der Waals surface area contributed by atoms with E-state index in [1.165, 1.54) is 12.1 Å². The first-order valence-corrected chi connectivity index (χ1v) is 9.64. The summed E-state index contributed by atoms with van der Waals surface area (Å²) in [5.41, 5.74) is 1.37. The lowest BCUT2D eigenvalue weighted by atomic mass is 10.1. The van der Waals surface area contributed by atoms with Crippen LogP contribution in [0.2, 0.25) is 0 Å². The number of rotatable bonds is 4. The number of hydrogen-bond donors (Lipinski definition) is 0. The number of benzene rings is 2. The summed E-state index contributed by atoms with van der Waals surface area (Å²) in [6.45, 7) is 0.945. The van der Waals surface area contributed by atoms with E-state index in [-0.39, 0.29) is 23.3 Å². The standard InChI is InChI=1S/C23H20F3N3O2/c1-28(2)18-11-7-15(8-12-18)20-19(22(30)29-13-3-4-14-29)27-21(31-20)16-5-9-17(10-6-16)23(24,25)26/h3-12H,13-14H2,1-2H3. The van der Waals surface area contributed by atoms with Gasteiger partial charge in [0.2, 0.25) is 5.89 Å². The normalized spacial score (nSPS) is 13.6. The molecule has 0 fully saturated rings. The molecule has 3 aromatic rings. The Morgan fingerprint density at radius 3 is 2.10 bits per heavy atom. The average molecular weight is 427 g/mol. The van der Waals surface area contributed by atoms with Crippen molar-refractivity contribution in [3.63, 3.8) is 0 Å². The number of aromatic nitrogens is 1. The largest absolute Gasteiger partial charge is 0.435 e. The first-order valence-electron chi connectivity index (χ1n) is 9.64. The Bertz CT molecular complexity index is 1110. The van der Waals surface area contributed by atoms with Gasteiger partial charge < -0.3 is 14.2 Å². The van der Waals surface area contributed by atoms with Crippen LogP contribution >= 0.6 is 0 Å². The zero-order valence-electron chi connectivity index (χ0n) is 17.0. The predicted molar refractivity (Wildman–Crippen MR) is 112 cm³/mol. The summed E-state index contributed by atoms with van der Waals surface area (Å²) in [5.74, 6) is 0.0895. The predicted octanol–water partition coefficient (Wildman–Crippen LogP) is 5.11. The number of alkyl halides is 3. The number of nitrogens with zero attached hydrogens (tertiary/aromatic N) is 3. The van der Waals surface area contributed by atoms with E-state index in [1.54, 1.807) is 4.90 Å². The number of carbonyl (C=O) groups is 1. The maximum absolute atomic E-state index is 13.1. The van der Waals surface area contributed by atoms with Crippen molar-refractivity contribution in [2.24, 2.45) is 0 Å². The summed E-state index contributed by atoms with van der Waals surface area (Å²) in [6.07, 6.45) is -0.654. The lowest BCUT2D eigenvalue weighted by Crippen LogP contribution is -2.28. The number of oxazole rings is 1. The van der Waals surface area contributed by atoms with Crippen molar-refractivity contribution in [2.75, 3.05) is 32.1 Å². The smallest absolute Gasteiger partial charge is 0.416 e. The highest BCUT2D eigenvalue weighted by Gasteiger charge is 2.31. The molecule has 1 amide bonds. The van der Waals surface area contributed by atoms with Crippen LogP contribution in [-0.2, 0) is 6.18 Å². The van der Waals surface area contributed by atoms with E-state index in [1.807, 2.05) is 55.4 Å². The van der Waals surface area contributed by atoms with Crippen LogP contribution in [0.1, 0.15) is 16.1 Å². The van der Waals surface area contributed by atoms with Crippen molar-refractivity contribution in [2.45, 2.75) is 6.18 Å². The van der Waals surface area contributed by atoms with Crippen LogP contribution in [0.15, 0.2) is 65.1 Å². The average Bonchev–Trinajstić information content (AvgIpc) is 3.43. The maximum Gasteiger partial charge on any atom is 0.416 e. The van der Waals surface area contributed by atoms with Crippen LogP contribution in [0, 0.1) is 0 Å². The van der Waals surface area contributed by atoms with E-state index in [2.05, 4.69) is 4.98 Å². The third kappa shape index (κ3) is 4.19. The van der Waals surface area contributed by atoms with E-state index in [0.717, 1.165) is 17.8 Å². The van der Waals surface area contributed by atoms with Crippen molar-refractivity contribution < 1.29 is 22.4 Å². The Hall–Kier alpha value is -3.55. The Balaban J connectivity index is 1.75. The molecule has 0 bridgehead atoms. The van der Waals surface area contributed by atoms with Crippen molar-refractivity contribution in [1.29, 1.82) is 0 Å². The van der Waals surface area contributed by atoms with Crippen LogP contribution in [0.4, 0.5) is 18.9 Å². The highest BCUT2D eigenvalue weighted by Crippen LogP contribution is 2.34. The second-order valence-electron chi connectivity index (χ2n) is 7.39. The van der Waals surface area contributed by atoms with E-state index in [9.17, 15) is 18.0 Å². The number of hydrogen-bond acceptors (Lipinski definition) is 4. The minimum Gasteiger partial charge on any atom is -0.435 e. The summed E-state index contributed by atoms with van der Waals surface area (Å²) < 4.78 is 44.6. The van der Waals surface area contributed by atoms with Gasteiger partial charge in [-0.15, -0.1) is 0 Å². The summed E-state index contributed by atoms with van der Waals surface area (Å²) in [4.78, 5) is 21.0. The molecule has 0 atom stereocenters. The number of amides is 1. The first-order chi connectivity index (χ1) is 14.7. The molecule has 31 heavy (non-hydrogen) atoms. The summed E-state index contributed by atoms with van der Waals surface area (Å²) in [7, 11) is 3.84. The minimum absolute atomic E-state index is 0.0934. The van der Waals surface area contributed by atoms with Gasteiger partial charge in [0, 0.05) is 44.0 Å². The molecule has 0 spiro atoms. The minimum atomic E-state index is -4.43. The molecule has 1 aliphatic rings. The molecule has 2 aromatic carbocycles. The fourth-order valence-corrected chi connectivity index (χ4v) is 3.29. The molecule has 5 nitrogen and oxygen atoms in total. The number of carbonyl (C=O) groups excluding carboxylic acids is 1. The summed E-state index contributed by atoms with van der Waals surface area (Å²) >= 11 is 0. The van der Waals surface area contributed by atoms with Gasteiger partial charge in [0.15, 0.2) is 11.5 Å². The molecule has 8 heteroatoms. The monoisotopic (exact) mass is 427 g/mol. The molecular weight excluding hydrogens is 407 g/mol. The van der Waals surface area contributed by atoms with Gasteiger partial charge >= 0.3 is 6.18 Å². The molecule has 160 valence electrons. The van der Waals surface area contributed by atoms with E-state index in [4.69, 9.17) is 4.42 Å². The molecule has 0 aliphatic carbocycles. The van der Waals surface area contributed by atoms with Crippen LogP contribution < -0.4 is 4.90 Å². The highest BCUT2D eigenvalue weighted by atomic mass is 19.4. The van der Waals surface area contributed by atoms with Crippen molar-refractivity contribution in [3.05, 3.63) is 71.9 Å². The molecule has 1 aromatic heterocycles. The van der Waals surface area contributed by atoms with Crippen LogP contribution in [0.5, 0.6) is 0 Å². The Kier molecular flexibility index (Phi) is 5.31. The molecule has 0 radical (unpaired) electrons. The zero-order chi connectivity index (χ0) is 22.2. The Morgan fingerprint density at radius 1 is 0.968 bits per heavy atom. The fraction of sp³-hybridized carbons (Fsp3) is 0.217. The van der Waals surface area contributed by atoms with E-state index >= 15 is 0 Å². The van der Waals surface area contributed by atoms with Gasteiger partial charge in [0.1, 0.15) is 0 Å². The van der Waals surface area contributed by atoms with Gasteiger partial charge in [-0.2, -0.15) is 13.2 Å². The van der Waals surface area contributed by atoms with Gasteiger partial charge in [-0.05, 0) is 48.5 Å². The van der Waals surface area contributed by atoms with Gasteiger partial charge in [0.05, 0.1) is 5.56 Å². The topological polar surface area (TPSA) is 49.6 Å². The third-order valence-corrected chi connectivity index (χ3v) is 5.04. The molecule has 0 N–H and O–H groups in total. The molecule has 4 rings (SSSR count). The van der Waals surface area contributed by atoms with Crippen molar-refractivity contribution in [3.8, 4) is 22.8 Å². The quantitative estimate of drug-likeness (QED) is 0.544. The van der Waals surface area contributed by atoms with Gasteiger partial charge in [-0.1, -0.05) is 12.2 Å². The van der Waals surface area contributed by atoms with Crippen LogP contribution in [-0.4, -0.2) is 43.0 Å². The van der Waals surface area contributed by atoms with Gasteiger partial charge in [-0.3, -0.25) is 4.79 Å². The molecule has 0 saturated carbocycles. The van der Waals surface area contributed by atoms with Crippen molar-refractivity contribution in [1.82, 2.24) is 9.88 Å². The third-order valence-electron chi connectivity index (χ3n) is 5.04. The van der Waals surface area contributed by atoms with Crippen molar-refractivity contribution >= 4 is 11.6 Å². The van der Waals surface area contributed by atoms with Gasteiger partial charge in [0.25, 0.3) is 5.91 Å². The number of halogens is 3. The molecule has 0 unspecified atom stereocenters. The molecule has 1 aliphatic heterocycles. The molecular formula is C23H20F3N3O2. The lowest BCUT2D eigenvalue weighted by molar-refractivity contribution is -0.137. The Labute approximate surface area is 177 Å². The fourth-order valence-electron chi connectivity index (χ4n) is 3.29. The molecule has 2 heterocycles. The second-order valence-corrected chi connectivity index (χ2v) is 7.39. The first kappa shape index (κ1) is 20.7. The van der Waals surface area contributed by atoms with E-state index < -0.39 is 11.7 Å². The number of anilines is 1. The summed E-state index contributed by atoms with van der Waals surface area (Å²) in [6, 6.07) is 12.0. The van der Waals surface area contributed by atoms with Crippen LogP contribution in [0.3, 0.4) is 0 Å². The zero-order valence-corrected chi connectivity index (χ0v) is 17.0.